The fraction of sp³-hybridized carbons (Fsp3) is 0.214. The summed E-state index contributed by atoms with van der Waals surface area (Å²) in [6, 6.07) is 16.6. The minimum absolute atomic E-state index is 0.00571. The normalized spacial score (nSPS) is 11.3. The van der Waals surface area contributed by atoms with Gasteiger partial charge in [0.1, 0.15) is 22.8 Å². The second-order valence-corrected chi connectivity index (χ2v) is 9.20. The van der Waals surface area contributed by atoms with Crippen LogP contribution in [0.3, 0.4) is 0 Å². The molecule has 3 aromatic carbocycles. The van der Waals surface area contributed by atoms with Gasteiger partial charge in [0.05, 0.1) is 25.7 Å². The molecule has 0 radical (unpaired) electrons. The first-order valence-corrected chi connectivity index (χ1v) is 12.8. The first-order valence-electron chi connectivity index (χ1n) is 12.8. The third-order valence-electron chi connectivity index (χ3n) is 6.50. The molecule has 0 aliphatic carbocycles. The van der Waals surface area contributed by atoms with E-state index >= 15 is 0 Å². The number of imidazole rings is 1. The quantitative estimate of drug-likeness (QED) is 0.243. The first kappa shape index (κ1) is 28.3. The molecule has 0 atom stereocenters. The number of alkyl halides is 2. The van der Waals surface area contributed by atoms with Gasteiger partial charge in [-0.15, -0.1) is 0 Å². The predicted molar refractivity (Wildman–Crippen MR) is 150 cm³/mol. The van der Waals surface area contributed by atoms with Crippen LogP contribution in [0.25, 0.3) is 11.0 Å². The van der Waals surface area contributed by atoms with Gasteiger partial charge in [-0.05, 0) is 47.5 Å². The first-order chi connectivity index (χ1) is 20.2. The van der Waals surface area contributed by atoms with Crippen LogP contribution in [-0.2, 0) is 19.6 Å². The highest BCUT2D eigenvalue weighted by atomic mass is 19.3. The van der Waals surface area contributed by atoms with E-state index in [9.17, 15) is 22.8 Å². The Balaban J connectivity index is 1.45. The van der Waals surface area contributed by atoms with Crippen LogP contribution in [0.2, 0.25) is 0 Å². The third kappa shape index (κ3) is 6.06. The fourth-order valence-electron chi connectivity index (χ4n) is 4.49. The third-order valence-corrected chi connectivity index (χ3v) is 6.50. The Bertz CT molecular complexity index is 1820. The summed E-state index contributed by atoms with van der Waals surface area (Å²) >= 11 is 0. The zero-order chi connectivity index (χ0) is 29.8. The van der Waals surface area contributed by atoms with Gasteiger partial charge >= 0.3 is 18.0 Å². The molecule has 0 bridgehead atoms. The van der Waals surface area contributed by atoms with Gasteiger partial charge in [0.2, 0.25) is 11.9 Å². The maximum atomic E-state index is 13.6. The molecule has 0 aliphatic rings. The number of nitrogens with two attached hydrogens (primary N) is 1. The number of halogens is 3. The summed E-state index contributed by atoms with van der Waals surface area (Å²) < 4.78 is 52.2. The van der Waals surface area contributed by atoms with Crippen molar-refractivity contribution in [2.45, 2.75) is 26.2 Å². The Morgan fingerprint density at radius 1 is 0.905 bits per heavy atom. The molecule has 218 valence electrons. The Morgan fingerprint density at radius 2 is 1.57 bits per heavy atom. The number of rotatable bonds is 11. The molecule has 2 aromatic heterocycles. The van der Waals surface area contributed by atoms with Crippen LogP contribution in [0, 0.1) is 5.82 Å². The molecule has 0 saturated carbocycles. The zero-order valence-electron chi connectivity index (χ0n) is 22.3. The summed E-state index contributed by atoms with van der Waals surface area (Å²) in [5.74, 6) is 0.318. The summed E-state index contributed by atoms with van der Waals surface area (Å²) in [5, 5.41) is 3.04. The van der Waals surface area contributed by atoms with E-state index in [1.165, 1.54) is 60.2 Å². The molecule has 5 aromatic rings. The van der Waals surface area contributed by atoms with Crippen LogP contribution in [0.4, 0.5) is 25.1 Å². The van der Waals surface area contributed by atoms with Crippen molar-refractivity contribution in [1.82, 2.24) is 23.7 Å². The Morgan fingerprint density at radius 3 is 2.24 bits per heavy atom. The number of fused-ring (bicyclic) bond motifs is 1. The molecule has 0 fully saturated rings. The Hall–Kier alpha value is -5.27. The maximum Gasteiger partial charge on any atom is 0.387 e. The van der Waals surface area contributed by atoms with E-state index in [4.69, 9.17) is 10.5 Å². The molecular formula is C28H26F3N7O4. The molecule has 0 saturated heterocycles. The highest BCUT2D eigenvalue weighted by molar-refractivity contribution is 5.84. The van der Waals surface area contributed by atoms with Crippen LogP contribution < -0.4 is 31.9 Å². The van der Waals surface area contributed by atoms with Gasteiger partial charge in [-0.2, -0.15) is 13.8 Å². The SMILES string of the molecule is COc1cccc2c1nc(N)n2CCNc1nc(=O)n(Cc2ccc(F)cc2)c(=O)n1Cc1ccc(OC(F)F)cc1. The highest BCUT2D eigenvalue weighted by Gasteiger charge is 2.16. The van der Waals surface area contributed by atoms with E-state index in [0.717, 1.165) is 10.1 Å². The smallest absolute Gasteiger partial charge is 0.387 e. The molecule has 14 heteroatoms. The summed E-state index contributed by atoms with van der Waals surface area (Å²) in [5.41, 5.74) is 7.08. The number of para-hydroxylation sites is 1. The minimum Gasteiger partial charge on any atom is -0.494 e. The number of nitrogens with zero attached hydrogens (tertiary/aromatic N) is 5. The van der Waals surface area contributed by atoms with Crippen molar-refractivity contribution in [2.24, 2.45) is 0 Å². The number of nitrogens with one attached hydrogen (secondary N) is 1. The number of methoxy groups -OCH3 is 1. The molecule has 0 unspecified atom stereocenters. The summed E-state index contributed by atoms with van der Waals surface area (Å²) in [6.45, 7) is -2.63. The molecule has 3 N–H and O–H groups in total. The van der Waals surface area contributed by atoms with Crippen molar-refractivity contribution >= 4 is 22.9 Å². The van der Waals surface area contributed by atoms with Crippen molar-refractivity contribution in [1.29, 1.82) is 0 Å². The van der Waals surface area contributed by atoms with Gasteiger partial charge < -0.3 is 25.1 Å². The average Bonchev–Trinajstić information content (AvgIpc) is 3.29. The maximum absolute atomic E-state index is 13.6. The number of hydrogen-bond donors (Lipinski definition) is 2. The van der Waals surface area contributed by atoms with Gasteiger partial charge in [0.15, 0.2) is 0 Å². The van der Waals surface area contributed by atoms with Gasteiger partial charge in [-0.25, -0.2) is 23.5 Å². The molecule has 42 heavy (non-hydrogen) atoms. The molecule has 0 spiro atoms. The summed E-state index contributed by atoms with van der Waals surface area (Å²) in [7, 11) is 1.54. The molecule has 11 nitrogen and oxygen atoms in total. The minimum atomic E-state index is -2.98. The molecule has 0 amide bonds. The number of hydrogen-bond acceptors (Lipinski definition) is 8. The number of ether oxygens (including phenoxy) is 2. The fourth-order valence-corrected chi connectivity index (χ4v) is 4.49. The van der Waals surface area contributed by atoms with E-state index in [1.54, 1.807) is 10.6 Å². The van der Waals surface area contributed by atoms with Gasteiger partial charge in [-0.1, -0.05) is 30.3 Å². The van der Waals surface area contributed by atoms with E-state index in [-0.39, 0.29) is 37.3 Å². The van der Waals surface area contributed by atoms with Gasteiger partial charge in [-0.3, -0.25) is 4.57 Å². The van der Waals surface area contributed by atoms with Crippen molar-refractivity contribution < 1.29 is 22.6 Å². The van der Waals surface area contributed by atoms with Crippen molar-refractivity contribution in [3.05, 3.63) is 105 Å². The topological polar surface area (TPSA) is 131 Å². The lowest BCUT2D eigenvalue weighted by Crippen LogP contribution is -2.43. The van der Waals surface area contributed by atoms with Crippen molar-refractivity contribution in [3.63, 3.8) is 0 Å². The number of nitrogen functional groups attached to an aromatic ring is 1. The molecule has 2 heterocycles. The van der Waals surface area contributed by atoms with Crippen LogP contribution in [-0.4, -0.2) is 43.9 Å². The van der Waals surface area contributed by atoms with E-state index in [2.05, 4.69) is 20.0 Å². The molecule has 5 rings (SSSR count). The second-order valence-electron chi connectivity index (χ2n) is 9.20. The lowest BCUT2D eigenvalue weighted by molar-refractivity contribution is -0.0498. The molecular weight excluding hydrogens is 555 g/mol. The van der Waals surface area contributed by atoms with E-state index in [0.29, 0.717) is 28.9 Å². The van der Waals surface area contributed by atoms with E-state index < -0.39 is 23.8 Å². The second kappa shape index (κ2) is 12.1. The Kier molecular flexibility index (Phi) is 8.13. The number of anilines is 2. The lowest BCUT2D eigenvalue weighted by atomic mass is 10.2. The zero-order valence-corrected chi connectivity index (χ0v) is 22.3. The van der Waals surface area contributed by atoms with Crippen molar-refractivity contribution in [3.8, 4) is 11.5 Å². The van der Waals surface area contributed by atoms with Crippen molar-refractivity contribution in [2.75, 3.05) is 24.7 Å². The number of benzene rings is 3. The Labute approximate surface area is 236 Å². The lowest BCUT2D eigenvalue weighted by Gasteiger charge is -2.16. The average molecular weight is 582 g/mol. The highest BCUT2D eigenvalue weighted by Crippen LogP contribution is 2.26. The number of aromatic nitrogens is 5. The summed E-state index contributed by atoms with van der Waals surface area (Å²) in [6.07, 6.45) is 0. The van der Waals surface area contributed by atoms with Crippen LogP contribution in [0.15, 0.2) is 76.3 Å². The van der Waals surface area contributed by atoms with Gasteiger partial charge in [0.25, 0.3) is 0 Å². The van der Waals surface area contributed by atoms with Crippen LogP contribution in [0.1, 0.15) is 11.1 Å². The largest absolute Gasteiger partial charge is 0.494 e. The standard InChI is InChI=1S/C28H26F3N7O4/c1-41-22-4-2-3-21-23(22)34-25(32)36(21)14-13-33-26-35-27(39)38(16-17-5-9-19(29)10-6-17)28(40)37(26)15-18-7-11-20(12-8-18)42-24(30)31/h2-12,24H,13-16H2,1H3,(H2,32,34)(H,33,35,39). The van der Waals surface area contributed by atoms with Crippen LogP contribution in [0.5, 0.6) is 11.5 Å². The van der Waals surface area contributed by atoms with Crippen LogP contribution >= 0.6 is 0 Å². The monoisotopic (exact) mass is 581 g/mol. The van der Waals surface area contributed by atoms with Gasteiger partial charge in [0, 0.05) is 13.1 Å². The summed E-state index contributed by atoms with van der Waals surface area (Å²) in [4.78, 5) is 35.0. The van der Waals surface area contributed by atoms with E-state index in [1.807, 2.05) is 12.1 Å². The predicted octanol–water partition coefficient (Wildman–Crippen LogP) is 3.29. The molecule has 0 aliphatic heterocycles.